The predicted molar refractivity (Wildman–Crippen MR) is 72.6 cm³/mol. The van der Waals surface area contributed by atoms with Gasteiger partial charge < -0.3 is 5.11 Å². The summed E-state index contributed by atoms with van der Waals surface area (Å²) in [7, 11) is 1.66. The monoisotopic (exact) mass is 326 g/mol. The number of carboxylic acid groups (broad SMARTS) is 1. The highest BCUT2D eigenvalue weighted by Gasteiger charge is 2.15. The minimum Gasteiger partial charge on any atom is -0.476 e. The first kappa shape index (κ1) is 13.7. The number of halogens is 2. The molecule has 4 nitrogen and oxygen atoms in total. The third-order valence-corrected chi connectivity index (χ3v) is 3.46. The van der Waals surface area contributed by atoms with Crippen LogP contribution in [0.1, 0.15) is 23.0 Å². The molecule has 2 rings (SSSR count). The van der Waals surface area contributed by atoms with Gasteiger partial charge in [-0.1, -0.05) is 6.92 Å². The fourth-order valence-corrected chi connectivity index (χ4v) is 2.39. The summed E-state index contributed by atoms with van der Waals surface area (Å²) >= 11 is 3.17. The first-order valence-electron chi connectivity index (χ1n) is 5.69. The fourth-order valence-electron chi connectivity index (χ4n) is 1.89. The fraction of sp³-hybridized carbons (Fsp3) is 0.231. The minimum atomic E-state index is -1.08. The van der Waals surface area contributed by atoms with E-state index in [1.54, 1.807) is 19.2 Å². The van der Waals surface area contributed by atoms with Gasteiger partial charge in [0.15, 0.2) is 5.69 Å². The average molecular weight is 327 g/mol. The topological polar surface area (TPSA) is 55.1 Å². The van der Waals surface area contributed by atoms with Crippen LogP contribution < -0.4 is 0 Å². The number of hydrogen-bond acceptors (Lipinski definition) is 2. The lowest BCUT2D eigenvalue weighted by Crippen LogP contribution is -1.99. The number of carbonyl (C=O) groups is 1. The first-order valence-corrected chi connectivity index (χ1v) is 6.49. The maximum atomic E-state index is 13.8. The van der Waals surface area contributed by atoms with Crippen molar-refractivity contribution in [3.05, 3.63) is 39.7 Å². The number of carboxylic acids is 1. The van der Waals surface area contributed by atoms with Crippen molar-refractivity contribution in [2.75, 3.05) is 0 Å². The normalized spacial score (nSPS) is 10.7. The SMILES string of the molecule is CCc1cc(-c2cc(C(=O)O)nn2C)cc(Br)c1F. The van der Waals surface area contributed by atoms with Gasteiger partial charge in [-0.05, 0) is 46.1 Å². The van der Waals surface area contributed by atoms with Gasteiger partial charge >= 0.3 is 5.97 Å². The second kappa shape index (κ2) is 5.13. The van der Waals surface area contributed by atoms with Gasteiger partial charge in [0.05, 0.1) is 10.2 Å². The van der Waals surface area contributed by atoms with Gasteiger partial charge in [0.1, 0.15) is 5.82 Å². The molecule has 0 bridgehead atoms. The molecule has 0 amide bonds. The third kappa shape index (κ3) is 2.53. The summed E-state index contributed by atoms with van der Waals surface area (Å²) in [6.45, 7) is 1.86. The van der Waals surface area contributed by atoms with E-state index in [2.05, 4.69) is 21.0 Å². The highest BCUT2D eigenvalue weighted by atomic mass is 79.9. The van der Waals surface area contributed by atoms with Crippen molar-refractivity contribution in [3.63, 3.8) is 0 Å². The van der Waals surface area contributed by atoms with Crippen molar-refractivity contribution >= 4 is 21.9 Å². The molecule has 0 aliphatic rings. The lowest BCUT2D eigenvalue weighted by molar-refractivity contribution is 0.0689. The molecule has 1 heterocycles. The van der Waals surface area contributed by atoms with Crippen molar-refractivity contribution in [1.29, 1.82) is 0 Å². The summed E-state index contributed by atoms with van der Waals surface area (Å²) in [6, 6.07) is 4.81. The van der Waals surface area contributed by atoms with Gasteiger partial charge in [0.25, 0.3) is 0 Å². The van der Waals surface area contributed by atoms with Crippen LogP contribution in [0.3, 0.4) is 0 Å². The van der Waals surface area contributed by atoms with Gasteiger partial charge in [-0.2, -0.15) is 5.10 Å². The maximum Gasteiger partial charge on any atom is 0.356 e. The number of nitrogens with zero attached hydrogens (tertiary/aromatic N) is 2. The average Bonchev–Trinajstić information content (AvgIpc) is 2.75. The lowest BCUT2D eigenvalue weighted by atomic mass is 10.1. The van der Waals surface area contributed by atoms with E-state index >= 15 is 0 Å². The van der Waals surface area contributed by atoms with Crippen molar-refractivity contribution in [1.82, 2.24) is 9.78 Å². The zero-order valence-corrected chi connectivity index (χ0v) is 12.0. The molecule has 0 saturated carbocycles. The smallest absolute Gasteiger partial charge is 0.356 e. The summed E-state index contributed by atoms with van der Waals surface area (Å²) in [5.74, 6) is -1.37. The van der Waals surface area contributed by atoms with Crippen LogP contribution in [-0.4, -0.2) is 20.9 Å². The van der Waals surface area contributed by atoms with Crippen molar-refractivity contribution in [3.8, 4) is 11.3 Å². The van der Waals surface area contributed by atoms with E-state index in [0.717, 1.165) is 5.56 Å². The molecular formula is C13H12BrFN2O2. The van der Waals surface area contributed by atoms with Crippen LogP contribution >= 0.6 is 15.9 Å². The minimum absolute atomic E-state index is 0.0315. The molecule has 0 atom stereocenters. The molecule has 2 aromatic rings. The predicted octanol–water partition coefficient (Wildman–Crippen LogP) is 3.25. The second-order valence-electron chi connectivity index (χ2n) is 4.13. The highest BCUT2D eigenvalue weighted by Crippen LogP contribution is 2.28. The van der Waals surface area contributed by atoms with Gasteiger partial charge in [-0.3, -0.25) is 4.68 Å². The van der Waals surface area contributed by atoms with Crippen molar-refractivity contribution < 1.29 is 14.3 Å². The van der Waals surface area contributed by atoms with E-state index in [-0.39, 0.29) is 11.5 Å². The van der Waals surface area contributed by atoms with Crippen LogP contribution in [0.4, 0.5) is 4.39 Å². The molecule has 0 radical (unpaired) electrons. The van der Waals surface area contributed by atoms with Crippen LogP contribution in [0.15, 0.2) is 22.7 Å². The van der Waals surface area contributed by atoms with E-state index in [9.17, 15) is 9.18 Å². The molecule has 0 unspecified atom stereocenters. The Morgan fingerprint density at radius 2 is 2.16 bits per heavy atom. The zero-order valence-electron chi connectivity index (χ0n) is 10.4. The maximum absolute atomic E-state index is 13.8. The summed E-state index contributed by atoms with van der Waals surface area (Å²) in [5.41, 5.74) is 1.90. The van der Waals surface area contributed by atoms with Crippen LogP contribution in [0, 0.1) is 5.82 Å². The van der Waals surface area contributed by atoms with E-state index in [0.29, 0.717) is 22.2 Å². The number of benzene rings is 1. The Labute approximate surface area is 118 Å². The van der Waals surface area contributed by atoms with Gasteiger partial charge in [-0.25, -0.2) is 9.18 Å². The van der Waals surface area contributed by atoms with Crippen LogP contribution in [-0.2, 0) is 13.5 Å². The number of aromatic carboxylic acids is 1. The Morgan fingerprint density at radius 1 is 1.47 bits per heavy atom. The Hall–Kier alpha value is -1.69. The van der Waals surface area contributed by atoms with E-state index in [1.807, 2.05) is 6.92 Å². The van der Waals surface area contributed by atoms with Crippen molar-refractivity contribution in [2.24, 2.45) is 7.05 Å². The van der Waals surface area contributed by atoms with E-state index in [4.69, 9.17) is 5.11 Å². The number of hydrogen-bond donors (Lipinski definition) is 1. The standard InChI is InChI=1S/C13H12BrFN2O2/c1-3-7-4-8(5-9(14)12(7)15)11-6-10(13(18)19)16-17(11)2/h4-6H,3H2,1-2H3,(H,18,19). The molecule has 6 heteroatoms. The van der Waals surface area contributed by atoms with Gasteiger partial charge in [-0.15, -0.1) is 0 Å². The highest BCUT2D eigenvalue weighted by molar-refractivity contribution is 9.10. The number of aryl methyl sites for hydroxylation is 2. The molecule has 19 heavy (non-hydrogen) atoms. The molecule has 1 aromatic heterocycles. The molecule has 100 valence electrons. The summed E-state index contributed by atoms with van der Waals surface area (Å²) < 4.78 is 15.6. The van der Waals surface area contributed by atoms with Crippen LogP contribution in [0.2, 0.25) is 0 Å². The summed E-state index contributed by atoms with van der Waals surface area (Å²) in [5, 5.41) is 12.8. The lowest BCUT2D eigenvalue weighted by Gasteiger charge is -2.07. The van der Waals surface area contributed by atoms with Crippen molar-refractivity contribution in [2.45, 2.75) is 13.3 Å². The van der Waals surface area contributed by atoms with Crippen LogP contribution in [0.25, 0.3) is 11.3 Å². The second-order valence-corrected chi connectivity index (χ2v) is 4.98. The van der Waals surface area contributed by atoms with E-state index in [1.165, 1.54) is 10.7 Å². The molecule has 0 aliphatic heterocycles. The summed E-state index contributed by atoms with van der Waals surface area (Å²) in [6.07, 6.45) is 0.557. The zero-order chi connectivity index (χ0) is 14.2. The van der Waals surface area contributed by atoms with Gasteiger partial charge in [0.2, 0.25) is 0 Å². The van der Waals surface area contributed by atoms with Crippen LogP contribution in [0.5, 0.6) is 0 Å². The van der Waals surface area contributed by atoms with Gasteiger partial charge in [0, 0.05) is 12.6 Å². The molecule has 0 spiro atoms. The summed E-state index contributed by atoms with van der Waals surface area (Å²) in [4.78, 5) is 10.9. The Balaban J connectivity index is 2.59. The van der Waals surface area contributed by atoms with E-state index < -0.39 is 5.97 Å². The Bertz CT molecular complexity index is 652. The largest absolute Gasteiger partial charge is 0.476 e. The molecule has 1 N–H and O–H groups in total. The first-order chi connectivity index (χ1) is 8.93. The third-order valence-electron chi connectivity index (χ3n) is 2.88. The molecule has 0 aliphatic carbocycles. The molecular weight excluding hydrogens is 315 g/mol. The molecule has 0 saturated heterocycles. The molecule has 0 fully saturated rings. The number of rotatable bonds is 3. The Morgan fingerprint density at radius 3 is 2.68 bits per heavy atom. The molecule has 1 aromatic carbocycles. The quantitative estimate of drug-likeness (QED) is 0.941. The number of aromatic nitrogens is 2. The Kier molecular flexibility index (Phi) is 3.71.